The first kappa shape index (κ1) is 15.1. The number of nitrogens with one attached hydrogen (secondary N) is 1. The molecule has 0 saturated heterocycles. The zero-order valence-electron chi connectivity index (χ0n) is 11.9. The highest BCUT2D eigenvalue weighted by Crippen LogP contribution is 2.34. The van der Waals surface area contributed by atoms with E-state index in [1.165, 1.54) is 23.4 Å². The highest BCUT2D eigenvalue weighted by molar-refractivity contribution is 7.99. The van der Waals surface area contributed by atoms with E-state index in [0.29, 0.717) is 4.90 Å². The van der Waals surface area contributed by atoms with Crippen molar-refractivity contribution in [3.63, 3.8) is 0 Å². The molecule has 1 N–H and O–H groups in total. The third-order valence-electron chi connectivity index (χ3n) is 3.14. The lowest BCUT2D eigenvalue weighted by Gasteiger charge is -2.17. The molecule has 0 saturated carbocycles. The molecule has 0 amide bonds. The summed E-state index contributed by atoms with van der Waals surface area (Å²) in [6.45, 7) is 5.29. The molecule has 2 aromatic carbocycles. The lowest BCUT2D eigenvalue weighted by atomic mass is 10.1. The smallest absolute Gasteiger partial charge is 0.137 e. The van der Waals surface area contributed by atoms with E-state index in [1.807, 2.05) is 24.3 Å². The second-order valence-electron chi connectivity index (χ2n) is 4.75. The molecular formula is C17H20FNS. The van der Waals surface area contributed by atoms with Crippen molar-refractivity contribution in [2.24, 2.45) is 0 Å². The van der Waals surface area contributed by atoms with Crippen LogP contribution in [-0.2, 0) is 0 Å². The maximum atomic E-state index is 13.8. The van der Waals surface area contributed by atoms with Crippen LogP contribution >= 0.6 is 11.8 Å². The number of halogens is 1. The summed E-state index contributed by atoms with van der Waals surface area (Å²) in [6, 6.07) is 15.4. The predicted molar refractivity (Wildman–Crippen MR) is 83.7 cm³/mol. The second-order valence-corrected chi connectivity index (χ2v) is 5.83. The lowest BCUT2D eigenvalue weighted by Crippen LogP contribution is -2.19. The standard InChI is InChI=1S/C17H20FNS/c1-3-12-19-13(2)14-8-4-6-10-16(14)20-17-11-7-5-9-15(17)18/h4-11,13,19H,3,12H2,1-2H3. The molecule has 1 nitrogen and oxygen atoms in total. The van der Waals surface area contributed by atoms with Crippen LogP contribution in [0.25, 0.3) is 0 Å². The summed E-state index contributed by atoms with van der Waals surface area (Å²) in [5.41, 5.74) is 1.22. The van der Waals surface area contributed by atoms with E-state index in [2.05, 4.69) is 31.3 Å². The Kier molecular flexibility index (Phi) is 5.62. The van der Waals surface area contributed by atoms with Gasteiger partial charge in [0.2, 0.25) is 0 Å². The number of rotatable bonds is 6. The van der Waals surface area contributed by atoms with Crippen molar-refractivity contribution in [1.82, 2.24) is 5.32 Å². The Morgan fingerprint density at radius 3 is 2.40 bits per heavy atom. The van der Waals surface area contributed by atoms with Gasteiger partial charge in [0.1, 0.15) is 5.82 Å². The molecular weight excluding hydrogens is 269 g/mol. The van der Waals surface area contributed by atoms with Crippen LogP contribution in [-0.4, -0.2) is 6.54 Å². The minimum Gasteiger partial charge on any atom is -0.310 e. The third-order valence-corrected chi connectivity index (χ3v) is 4.29. The largest absolute Gasteiger partial charge is 0.310 e. The molecule has 0 aliphatic rings. The molecule has 0 spiro atoms. The molecule has 106 valence electrons. The van der Waals surface area contributed by atoms with Crippen LogP contribution in [0.5, 0.6) is 0 Å². The second kappa shape index (κ2) is 7.46. The van der Waals surface area contributed by atoms with Gasteiger partial charge in [-0.2, -0.15) is 0 Å². The van der Waals surface area contributed by atoms with E-state index in [4.69, 9.17) is 0 Å². The fourth-order valence-corrected chi connectivity index (χ4v) is 3.11. The van der Waals surface area contributed by atoms with Crippen LogP contribution in [0.3, 0.4) is 0 Å². The number of hydrogen-bond donors (Lipinski definition) is 1. The van der Waals surface area contributed by atoms with Crippen LogP contribution < -0.4 is 5.32 Å². The Bertz CT molecular complexity index is 556. The van der Waals surface area contributed by atoms with Gasteiger partial charge >= 0.3 is 0 Å². The first-order valence-electron chi connectivity index (χ1n) is 6.97. The van der Waals surface area contributed by atoms with E-state index in [0.717, 1.165) is 17.9 Å². The van der Waals surface area contributed by atoms with Gasteiger partial charge < -0.3 is 5.32 Å². The van der Waals surface area contributed by atoms with Crippen LogP contribution in [0.2, 0.25) is 0 Å². The van der Waals surface area contributed by atoms with Crippen molar-refractivity contribution in [2.75, 3.05) is 6.54 Å². The van der Waals surface area contributed by atoms with Crippen molar-refractivity contribution < 1.29 is 4.39 Å². The predicted octanol–water partition coefficient (Wildman–Crippen LogP) is 5.04. The minimum atomic E-state index is -0.165. The van der Waals surface area contributed by atoms with Crippen molar-refractivity contribution >= 4 is 11.8 Å². The maximum absolute atomic E-state index is 13.8. The molecule has 0 heterocycles. The molecule has 0 aromatic heterocycles. The van der Waals surface area contributed by atoms with Crippen LogP contribution in [0, 0.1) is 5.82 Å². The van der Waals surface area contributed by atoms with Crippen molar-refractivity contribution in [1.29, 1.82) is 0 Å². The Hall–Kier alpha value is -1.32. The van der Waals surface area contributed by atoms with Gasteiger partial charge in [0.05, 0.1) is 0 Å². The van der Waals surface area contributed by atoms with Gasteiger partial charge in [-0.3, -0.25) is 0 Å². The summed E-state index contributed by atoms with van der Waals surface area (Å²) >= 11 is 1.49. The van der Waals surface area contributed by atoms with E-state index in [-0.39, 0.29) is 11.9 Å². The van der Waals surface area contributed by atoms with E-state index in [9.17, 15) is 4.39 Å². The Labute approximate surface area is 124 Å². The monoisotopic (exact) mass is 289 g/mol. The zero-order chi connectivity index (χ0) is 14.4. The summed E-state index contributed by atoms with van der Waals surface area (Å²) in [7, 11) is 0. The van der Waals surface area contributed by atoms with E-state index >= 15 is 0 Å². The summed E-state index contributed by atoms with van der Waals surface area (Å²) < 4.78 is 13.8. The molecule has 2 aromatic rings. The fraction of sp³-hybridized carbons (Fsp3) is 0.294. The molecule has 0 aliphatic heterocycles. The Morgan fingerprint density at radius 1 is 1.05 bits per heavy atom. The molecule has 3 heteroatoms. The average molecular weight is 289 g/mol. The summed E-state index contributed by atoms with van der Waals surface area (Å²) in [6.07, 6.45) is 1.10. The van der Waals surface area contributed by atoms with Crippen LogP contribution in [0.1, 0.15) is 31.9 Å². The molecule has 2 rings (SSSR count). The SMILES string of the molecule is CCCNC(C)c1ccccc1Sc1ccccc1F. The van der Waals surface area contributed by atoms with E-state index < -0.39 is 0 Å². The Morgan fingerprint density at radius 2 is 1.70 bits per heavy atom. The first-order chi connectivity index (χ1) is 9.72. The van der Waals surface area contributed by atoms with Gasteiger partial charge in [-0.15, -0.1) is 0 Å². The first-order valence-corrected chi connectivity index (χ1v) is 7.78. The third kappa shape index (κ3) is 3.84. The van der Waals surface area contributed by atoms with Gasteiger partial charge in [0, 0.05) is 15.8 Å². The van der Waals surface area contributed by atoms with Gasteiger partial charge in [-0.05, 0) is 43.7 Å². The fourth-order valence-electron chi connectivity index (χ4n) is 2.05. The van der Waals surface area contributed by atoms with Gasteiger partial charge in [-0.1, -0.05) is 49.0 Å². The zero-order valence-corrected chi connectivity index (χ0v) is 12.7. The summed E-state index contributed by atoms with van der Waals surface area (Å²) in [5.74, 6) is -0.165. The highest BCUT2D eigenvalue weighted by atomic mass is 32.2. The highest BCUT2D eigenvalue weighted by Gasteiger charge is 2.11. The molecule has 1 unspecified atom stereocenters. The van der Waals surface area contributed by atoms with Crippen LogP contribution in [0.15, 0.2) is 58.3 Å². The van der Waals surface area contributed by atoms with Crippen molar-refractivity contribution in [3.8, 4) is 0 Å². The van der Waals surface area contributed by atoms with E-state index in [1.54, 1.807) is 6.07 Å². The topological polar surface area (TPSA) is 12.0 Å². The molecule has 0 bridgehead atoms. The number of hydrogen-bond acceptors (Lipinski definition) is 2. The molecule has 20 heavy (non-hydrogen) atoms. The van der Waals surface area contributed by atoms with Gasteiger partial charge in [-0.25, -0.2) is 4.39 Å². The minimum absolute atomic E-state index is 0.165. The molecule has 0 radical (unpaired) electrons. The molecule has 0 aliphatic carbocycles. The average Bonchev–Trinajstić information content (AvgIpc) is 2.48. The van der Waals surface area contributed by atoms with Crippen LogP contribution in [0.4, 0.5) is 4.39 Å². The normalized spacial score (nSPS) is 12.3. The lowest BCUT2D eigenvalue weighted by molar-refractivity contribution is 0.563. The summed E-state index contributed by atoms with van der Waals surface area (Å²) in [4.78, 5) is 1.77. The number of benzene rings is 2. The van der Waals surface area contributed by atoms with Crippen molar-refractivity contribution in [2.45, 2.75) is 36.1 Å². The van der Waals surface area contributed by atoms with Crippen molar-refractivity contribution in [3.05, 3.63) is 59.9 Å². The summed E-state index contributed by atoms with van der Waals surface area (Å²) in [5, 5.41) is 3.48. The quantitative estimate of drug-likeness (QED) is 0.799. The maximum Gasteiger partial charge on any atom is 0.137 e. The molecule has 0 fully saturated rings. The van der Waals surface area contributed by atoms with Gasteiger partial charge in [0.15, 0.2) is 0 Å². The van der Waals surface area contributed by atoms with Gasteiger partial charge in [0.25, 0.3) is 0 Å². The molecule has 1 atom stereocenters. The Balaban J connectivity index is 2.22.